The molecule has 191 valence electrons. The number of aromatic nitrogens is 1. The standard InChI is InChI=1S/C27H28N.C5H8O2.Ir/c1-18(2)13-20-15-21(14-19(3)4)17-23(16-20)27-26-10-9-22-7-5-6-8-24(22)25(26)11-12-28-27;1-4(6)3-5(2)7;/h5-12,15-16,18-19H,13-14H2,1-4H3;3,6H,1-2H3;/q-1;;/b;4-3-;/i18D,19D;;. The number of fused-ring (bicyclic) bond motifs is 3. The van der Waals surface area contributed by atoms with Crippen LogP contribution in [-0.4, -0.2) is 15.9 Å². The van der Waals surface area contributed by atoms with Crippen molar-refractivity contribution in [3.63, 3.8) is 0 Å². The summed E-state index contributed by atoms with van der Waals surface area (Å²) in [6, 6.07) is 22.5. The predicted octanol–water partition coefficient (Wildman–Crippen LogP) is 8.29. The summed E-state index contributed by atoms with van der Waals surface area (Å²) in [6.07, 6.45) is 4.29. The molecule has 0 bridgehead atoms. The topological polar surface area (TPSA) is 50.2 Å². The number of ketones is 1. The zero-order valence-corrected chi connectivity index (χ0v) is 24.3. The molecule has 0 spiro atoms. The maximum Gasteiger partial charge on any atom is 0.155 e. The molecule has 0 unspecified atom stereocenters. The van der Waals surface area contributed by atoms with Gasteiger partial charge in [-0.25, -0.2) is 0 Å². The van der Waals surface area contributed by atoms with E-state index < -0.39 is 11.8 Å². The van der Waals surface area contributed by atoms with Crippen LogP contribution in [0.1, 0.15) is 55.4 Å². The van der Waals surface area contributed by atoms with Crippen LogP contribution in [-0.2, 0) is 37.7 Å². The Bertz CT molecular complexity index is 1410. The number of allylic oxidation sites excluding steroid dienone is 2. The Hall–Kier alpha value is -2.81. The summed E-state index contributed by atoms with van der Waals surface area (Å²) >= 11 is 0. The minimum atomic E-state index is -0.578. The van der Waals surface area contributed by atoms with Gasteiger partial charge in [-0.1, -0.05) is 64.1 Å². The number of rotatable bonds is 6. The van der Waals surface area contributed by atoms with Gasteiger partial charge in [0.2, 0.25) is 0 Å². The van der Waals surface area contributed by atoms with Crippen LogP contribution in [0.25, 0.3) is 32.8 Å². The van der Waals surface area contributed by atoms with Crippen LogP contribution >= 0.6 is 0 Å². The van der Waals surface area contributed by atoms with Gasteiger partial charge >= 0.3 is 0 Å². The van der Waals surface area contributed by atoms with E-state index in [-0.39, 0.29) is 31.6 Å². The van der Waals surface area contributed by atoms with E-state index in [1.54, 1.807) is 0 Å². The van der Waals surface area contributed by atoms with E-state index >= 15 is 0 Å². The first-order chi connectivity index (χ1) is 17.2. The van der Waals surface area contributed by atoms with Gasteiger partial charge in [-0.3, -0.25) is 4.79 Å². The van der Waals surface area contributed by atoms with Gasteiger partial charge in [-0.05, 0) is 71.8 Å². The van der Waals surface area contributed by atoms with Crippen LogP contribution in [0, 0.1) is 17.9 Å². The minimum absolute atomic E-state index is 0. The summed E-state index contributed by atoms with van der Waals surface area (Å²) in [5.41, 5.74) is 3.96. The SMILES string of the molecule is CC(=O)/C=C(/C)O.[2H]C(C)(C)Cc1[c-]c(-c2nccc3c2ccc2ccccc23)cc(CC([2H])(C)C)c1.[Ir]. The zero-order chi connectivity index (χ0) is 27.4. The summed E-state index contributed by atoms with van der Waals surface area (Å²) in [6.45, 7) is 10.6. The van der Waals surface area contributed by atoms with Crippen molar-refractivity contribution >= 4 is 27.3 Å². The van der Waals surface area contributed by atoms with Crippen LogP contribution in [0.3, 0.4) is 0 Å². The molecule has 4 rings (SSSR count). The molecule has 0 amide bonds. The first-order valence-electron chi connectivity index (χ1n) is 12.9. The molecule has 1 radical (unpaired) electrons. The zero-order valence-electron chi connectivity index (χ0n) is 23.9. The second kappa shape index (κ2) is 13.5. The first kappa shape index (κ1) is 26.3. The summed E-state index contributed by atoms with van der Waals surface area (Å²) in [5, 5.41) is 13.1. The Kier molecular flexibility index (Phi) is 9.84. The molecule has 4 heteroatoms. The van der Waals surface area contributed by atoms with Gasteiger partial charge in [0, 0.05) is 35.1 Å². The Morgan fingerprint density at radius 3 is 2.28 bits per heavy atom. The number of carbonyl (C=O) groups excluding carboxylic acids is 1. The van der Waals surface area contributed by atoms with Crippen molar-refractivity contribution in [2.45, 2.75) is 54.4 Å². The molecule has 3 nitrogen and oxygen atoms in total. The van der Waals surface area contributed by atoms with Gasteiger partial charge in [0.25, 0.3) is 0 Å². The number of benzene rings is 3. The molecule has 36 heavy (non-hydrogen) atoms. The molecule has 0 saturated heterocycles. The average Bonchev–Trinajstić information content (AvgIpc) is 2.75. The van der Waals surface area contributed by atoms with E-state index in [0.29, 0.717) is 12.8 Å². The molecule has 0 aliphatic carbocycles. The van der Waals surface area contributed by atoms with Gasteiger partial charge < -0.3 is 10.1 Å². The fourth-order valence-electron chi connectivity index (χ4n) is 4.26. The third-order valence-electron chi connectivity index (χ3n) is 5.42. The number of aliphatic hydroxyl groups is 1. The molecule has 0 fully saturated rings. The first-order valence-corrected chi connectivity index (χ1v) is 11.9. The maximum atomic E-state index is 10.0. The van der Waals surface area contributed by atoms with E-state index in [1.807, 2.05) is 33.9 Å². The Morgan fingerprint density at radius 1 is 0.972 bits per heavy atom. The van der Waals surface area contributed by atoms with Gasteiger partial charge in [-0.15, -0.1) is 34.9 Å². The Balaban J connectivity index is 0.000000561. The molecule has 0 aliphatic rings. The largest absolute Gasteiger partial charge is 0.512 e. The number of carbonyl (C=O) groups is 1. The van der Waals surface area contributed by atoms with E-state index in [0.717, 1.165) is 27.8 Å². The number of nitrogens with zero attached hydrogens (tertiary/aromatic N) is 1. The van der Waals surface area contributed by atoms with Gasteiger partial charge in [0.05, 0.1) is 5.76 Å². The monoisotopic (exact) mass is 661 g/mol. The Labute approximate surface area is 231 Å². The molecule has 1 N–H and O–H groups in total. The van der Waals surface area contributed by atoms with Crippen molar-refractivity contribution in [1.29, 1.82) is 0 Å². The fraction of sp³-hybridized carbons (Fsp3) is 0.312. The van der Waals surface area contributed by atoms with Crippen molar-refractivity contribution < 1.29 is 32.7 Å². The van der Waals surface area contributed by atoms with Crippen molar-refractivity contribution in [1.82, 2.24) is 4.98 Å². The van der Waals surface area contributed by atoms with Crippen molar-refractivity contribution in [3.05, 3.63) is 89.8 Å². The molecule has 1 heterocycles. The summed E-state index contributed by atoms with van der Waals surface area (Å²) in [5.74, 6) is -1.20. The number of pyridine rings is 1. The van der Waals surface area contributed by atoms with Crippen LogP contribution in [0.15, 0.2) is 72.6 Å². The number of hydrogen-bond acceptors (Lipinski definition) is 3. The molecule has 3 aromatic carbocycles. The average molecular weight is 661 g/mol. The normalized spacial score (nSPS) is 12.8. The molecule has 0 atom stereocenters. The predicted molar refractivity (Wildman–Crippen MR) is 148 cm³/mol. The summed E-state index contributed by atoms with van der Waals surface area (Å²) < 4.78 is 16.7. The van der Waals surface area contributed by atoms with E-state index in [4.69, 9.17) is 12.8 Å². The van der Waals surface area contributed by atoms with E-state index in [2.05, 4.69) is 60.7 Å². The molecule has 4 aromatic rings. The molecular weight excluding hydrogens is 623 g/mol. The fourth-order valence-corrected chi connectivity index (χ4v) is 4.26. The number of hydrogen-bond donors (Lipinski definition) is 1. The van der Waals surface area contributed by atoms with Gasteiger partial charge in [0.1, 0.15) is 0 Å². The van der Waals surface area contributed by atoms with E-state index in [1.165, 1.54) is 36.1 Å². The van der Waals surface area contributed by atoms with Crippen LogP contribution in [0.4, 0.5) is 0 Å². The quantitative estimate of drug-likeness (QED) is 0.0981. The smallest absolute Gasteiger partial charge is 0.155 e. The van der Waals surface area contributed by atoms with Crippen LogP contribution in [0.5, 0.6) is 0 Å². The Morgan fingerprint density at radius 2 is 1.67 bits per heavy atom. The second-order valence-corrected chi connectivity index (χ2v) is 9.63. The van der Waals surface area contributed by atoms with Crippen molar-refractivity contribution in [2.24, 2.45) is 11.8 Å². The third-order valence-corrected chi connectivity index (χ3v) is 5.42. The van der Waals surface area contributed by atoms with Crippen LogP contribution < -0.4 is 0 Å². The summed E-state index contributed by atoms with van der Waals surface area (Å²) in [4.78, 5) is 14.8. The van der Waals surface area contributed by atoms with Crippen molar-refractivity contribution in [2.75, 3.05) is 0 Å². The minimum Gasteiger partial charge on any atom is -0.512 e. The third kappa shape index (κ3) is 8.11. The van der Waals surface area contributed by atoms with Gasteiger partial charge in [-0.2, -0.15) is 0 Å². The number of aliphatic hydroxyl groups excluding tert-OH is 1. The molecule has 1 aromatic heterocycles. The second-order valence-electron chi connectivity index (χ2n) is 9.63. The van der Waals surface area contributed by atoms with E-state index in [9.17, 15) is 4.79 Å². The summed E-state index contributed by atoms with van der Waals surface area (Å²) in [7, 11) is 0. The molecule has 0 aliphatic heterocycles. The van der Waals surface area contributed by atoms with Gasteiger partial charge in [0.15, 0.2) is 5.78 Å². The van der Waals surface area contributed by atoms with Crippen LogP contribution in [0.2, 0.25) is 0 Å². The molecule has 0 saturated carbocycles. The maximum absolute atomic E-state index is 10.0. The molecular formula is C32H36IrNO2-. The van der Waals surface area contributed by atoms with Crippen molar-refractivity contribution in [3.8, 4) is 11.3 Å².